The molecule has 0 saturated carbocycles. The first-order chi connectivity index (χ1) is 35.7. The van der Waals surface area contributed by atoms with Gasteiger partial charge in [-0.25, -0.2) is 0 Å². The van der Waals surface area contributed by atoms with Crippen molar-refractivity contribution >= 4 is 71.8 Å². The third-order valence-corrected chi connectivity index (χ3v) is 14.9. The summed E-state index contributed by atoms with van der Waals surface area (Å²) < 4.78 is 2.44. The summed E-state index contributed by atoms with van der Waals surface area (Å²) in [5, 5.41) is 7.27. The lowest BCUT2D eigenvalue weighted by Crippen LogP contribution is -2.44. The van der Waals surface area contributed by atoms with Crippen LogP contribution in [0.25, 0.3) is 71.3 Å². The Morgan fingerprint density at radius 1 is 0.292 bits per heavy atom. The summed E-state index contributed by atoms with van der Waals surface area (Å²) in [7, 11) is 0. The van der Waals surface area contributed by atoms with Crippen molar-refractivity contribution < 1.29 is 0 Å². The third-order valence-electron chi connectivity index (χ3n) is 14.9. The highest BCUT2D eigenvalue weighted by Crippen LogP contribution is 2.59. The zero-order valence-electron chi connectivity index (χ0n) is 39.5. The van der Waals surface area contributed by atoms with Gasteiger partial charge in [0.15, 0.2) is 0 Å². The molecular formula is C69H47N3. The van der Waals surface area contributed by atoms with Crippen LogP contribution in [0.1, 0.15) is 16.7 Å². The number of benzene rings is 12. The molecule has 0 aliphatic heterocycles. The molecule has 0 amide bonds. The second-order valence-corrected chi connectivity index (χ2v) is 18.9. The van der Waals surface area contributed by atoms with E-state index in [1.807, 2.05) is 0 Å². The minimum atomic E-state index is -0.804. The largest absolute Gasteiger partial charge is 0.323 e. The van der Waals surface area contributed by atoms with Crippen LogP contribution >= 0.6 is 0 Å². The van der Waals surface area contributed by atoms with E-state index in [1.165, 1.54) is 71.2 Å². The van der Waals surface area contributed by atoms with E-state index in [-0.39, 0.29) is 0 Å². The molecule has 72 heavy (non-hydrogen) atoms. The van der Waals surface area contributed by atoms with Crippen LogP contribution in [-0.2, 0) is 5.54 Å². The molecule has 0 N–H and O–H groups in total. The molecule has 14 rings (SSSR count). The van der Waals surface area contributed by atoms with Crippen molar-refractivity contribution in [3.63, 3.8) is 0 Å². The highest BCUT2D eigenvalue weighted by atomic mass is 15.2. The number of aromatic nitrogens is 1. The standard InChI is InChI=1S/C69H47N3/c1-4-19-48(20-5-1)53-25-18-30-60(45-53)72(55-28-8-3-9-29-55)69(54-26-6-2-7-27-54)65-33-16-14-31-61(65)62-41-39-58(46-66(62)69)70(56-37-35-49-21-10-12-23-51(49)43-56)59-40-42-64-63-32-15-17-34-67(63)71(68(64)47-59)57-38-36-50-22-11-13-24-52(50)44-57/h1-47H. The van der Waals surface area contributed by atoms with E-state index in [4.69, 9.17) is 0 Å². The molecule has 12 aromatic carbocycles. The summed E-state index contributed by atoms with van der Waals surface area (Å²) in [6.45, 7) is 0. The van der Waals surface area contributed by atoms with Gasteiger partial charge in [0, 0.05) is 44.9 Å². The van der Waals surface area contributed by atoms with Gasteiger partial charge in [-0.1, -0.05) is 206 Å². The molecule has 0 spiro atoms. The summed E-state index contributed by atoms with van der Waals surface area (Å²) in [6, 6.07) is 105. The van der Waals surface area contributed by atoms with Crippen LogP contribution in [0.4, 0.5) is 28.4 Å². The summed E-state index contributed by atoms with van der Waals surface area (Å²) in [6.07, 6.45) is 0. The number of rotatable bonds is 9. The molecule has 3 nitrogen and oxygen atoms in total. The van der Waals surface area contributed by atoms with Crippen molar-refractivity contribution in [1.29, 1.82) is 0 Å². The fourth-order valence-electron chi connectivity index (χ4n) is 11.8. The maximum absolute atomic E-state index is 2.59. The number of nitrogens with zero attached hydrogens (tertiary/aromatic N) is 3. The van der Waals surface area contributed by atoms with Crippen LogP contribution in [0.2, 0.25) is 0 Å². The molecule has 1 atom stereocenters. The topological polar surface area (TPSA) is 11.4 Å². The van der Waals surface area contributed by atoms with Crippen molar-refractivity contribution in [3.05, 3.63) is 302 Å². The summed E-state index contributed by atoms with van der Waals surface area (Å²) >= 11 is 0. The molecule has 1 aliphatic carbocycles. The molecule has 0 fully saturated rings. The maximum Gasteiger partial charge on any atom is 0.122 e. The van der Waals surface area contributed by atoms with Crippen molar-refractivity contribution in [3.8, 4) is 27.9 Å². The first-order valence-corrected chi connectivity index (χ1v) is 24.8. The molecule has 3 heteroatoms. The average molecular weight is 918 g/mol. The summed E-state index contributed by atoms with van der Waals surface area (Å²) in [5.41, 5.74) is 16.5. The number of hydrogen-bond donors (Lipinski definition) is 0. The Labute approximate surface area is 419 Å². The van der Waals surface area contributed by atoms with Gasteiger partial charge in [0.1, 0.15) is 5.54 Å². The number of hydrogen-bond acceptors (Lipinski definition) is 2. The van der Waals surface area contributed by atoms with Gasteiger partial charge in [0.25, 0.3) is 0 Å². The lowest BCUT2D eigenvalue weighted by molar-refractivity contribution is 0.644. The molecule has 0 bridgehead atoms. The molecule has 13 aromatic rings. The molecule has 1 aromatic heterocycles. The molecule has 1 heterocycles. The highest BCUT2D eigenvalue weighted by molar-refractivity contribution is 6.11. The quantitative estimate of drug-likeness (QED) is 0.143. The minimum absolute atomic E-state index is 0.804. The van der Waals surface area contributed by atoms with Crippen molar-refractivity contribution in [2.24, 2.45) is 0 Å². The molecule has 0 radical (unpaired) electrons. The Balaban J connectivity index is 1.05. The molecule has 338 valence electrons. The van der Waals surface area contributed by atoms with E-state index in [0.29, 0.717) is 0 Å². The van der Waals surface area contributed by atoms with Crippen LogP contribution in [0, 0.1) is 0 Å². The van der Waals surface area contributed by atoms with Gasteiger partial charge < -0.3 is 14.4 Å². The molecular weight excluding hydrogens is 871 g/mol. The maximum atomic E-state index is 2.59. The van der Waals surface area contributed by atoms with Crippen LogP contribution in [0.5, 0.6) is 0 Å². The lowest BCUT2D eigenvalue weighted by atomic mass is 9.78. The second kappa shape index (κ2) is 16.9. The van der Waals surface area contributed by atoms with Gasteiger partial charge in [-0.3, -0.25) is 0 Å². The van der Waals surface area contributed by atoms with Gasteiger partial charge >= 0.3 is 0 Å². The summed E-state index contributed by atoms with van der Waals surface area (Å²) in [5.74, 6) is 0. The first kappa shape index (κ1) is 41.5. The highest BCUT2D eigenvalue weighted by Gasteiger charge is 2.50. The fraction of sp³-hybridized carbons (Fsp3) is 0.0145. The monoisotopic (exact) mass is 917 g/mol. The fourth-order valence-corrected chi connectivity index (χ4v) is 11.8. The van der Waals surface area contributed by atoms with Gasteiger partial charge in [-0.2, -0.15) is 0 Å². The van der Waals surface area contributed by atoms with E-state index < -0.39 is 5.54 Å². The van der Waals surface area contributed by atoms with Crippen LogP contribution in [0.3, 0.4) is 0 Å². The normalized spacial score (nSPS) is 13.9. The van der Waals surface area contributed by atoms with Gasteiger partial charge in [-0.15, -0.1) is 0 Å². The number of fused-ring (bicyclic) bond motifs is 8. The van der Waals surface area contributed by atoms with Crippen LogP contribution in [0.15, 0.2) is 285 Å². The lowest BCUT2D eigenvalue weighted by Gasteiger charge is -2.45. The van der Waals surface area contributed by atoms with E-state index in [1.54, 1.807) is 0 Å². The first-order valence-electron chi connectivity index (χ1n) is 24.8. The Morgan fingerprint density at radius 2 is 0.847 bits per heavy atom. The minimum Gasteiger partial charge on any atom is -0.323 e. The Kier molecular flexibility index (Phi) is 9.75. The smallest absolute Gasteiger partial charge is 0.122 e. The predicted molar refractivity (Wildman–Crippen MR) is 303 cm³/mol. The van der Waals surface area contributed by atoms with Crippen LogP contribution < -0.4 is 9.80 Å². The van der Waals surface area contributed by atoms with Crippen molar-refractivity contribution in [2.75, 3.05) is 9.80 Å². The zero-order chi connectivity index (χ0) is 47.6. The van der Waals surface area contributed by atoms with Gasteiger partial charge in [0.05, 0.1) is 11.0 Å². The van der Waals surface area contributed by atoms with Crippen molar-refractivity contribution in [2.45, 2.75) is 5.54 Å². The van der Waals surface area contributed by atoms with E-state index >= 15 is 0 Å². The zero-order valence-corrected chi connectivity index (χ0v) is 39.5. The number of anilines is 5. The van der Waals surface area contributed by atoms with E-state index in [0.717, 1.165) is 45.2 Å². The SMILES string of the molecule is c1ccc(-c2cccc(N(c3ccccc3)C3(c4ccccc4)c4ccccc4-c4ccc(N(c5ccc6ccccc6c5)c5ccc6c7ccccc7n(-c7ccc8ccccc8c7)c6c5)cc43)c2)cc1. The Morgan fingerprint density at radius 3 is 1.65 bits per heavy atom. The number of para-hydroxylation sites is 2. The van der Waals surface area contributed by atoms with Crippen molar-refractivity contribution in [1.82, 2.24) is 4.57 Å². The van der Waals surface area contributed by atoms with Gasteiger partial charge in [-0.05, 0) is 139 Å². The molecule has 1 unspecified atom stereocenters. The second-order valence-electron chi connectivity index (χ2n) is 18.9. The van der Waals surface area contributed by atoms with Gasteiger partial charge in [0.2, 0.25) is 0 Å². The Bertz CT molecular complexity index is 4180. The third kappa shape index (κ3) is 6.59. The average Bonchev–Trinajstić information content (AvgIpc) is 3.94. The molecule has 1 aliphatic rings. The predicted octanol–water partition coefficient (Wildman–Crippen LogP) is 18.3. The van der Waals surface area contributed by atoms with Crippen LogP contribution in [-0.4, -0.2) is 4.57 Å². The summed E-state index contributed by atoms with van der Waals surface area (Å²) in [4.78, 5) is 5.06. The van der Waals surface area contributed by atoms with E-state index in [9.17, 15) is 0 Å². The Hall–Kier alpha value is -9.44. The molecule has 0 saturated heterocycles. The van der Waals surface area contributed by atoms with E-state index in [2.05, 4.69) is 299 Å².